The zero-order valence-electron chi connectivity index (χ0n) is 8.92. The first-order valence-corrected chi connectivity index (χ1v) is 4.66. The van der Waals surface area contributed by atoms with Crippen molar-refractivity contribution in [3.05, 3.63) is 24.3 Å². The summed E-state index contributed by atoms with van der Waals surface area (Å²) in [7, 11) is 0. The number of phenols is 1. The van der Waals surface area contributed by atoms with Crippen LogP contribution in [0.1, 0.15) is 0 Å². The van der Waals surface area contributed by atoms with E-state index in [2.05, 4.69) is 4.74 Å². The molecule has 0 spiro atoms. The van der Waals surface area contributed by atoms with Gasteiger partial charge in [-0.15, -0.1) is 0 Å². The van der Waals surface area contributed by atoms with Crippen molar-refractivity contribution < 1.29 is 41.0 Å². The van der Waals surface area contributed by atoms with Crippen LogP contribution in [0, 0.1) is 5.92 Å². The summed E-state index contributed by atoms with van der Waals surface area (Å²) in [5.41, 5.74) is 0. The third-order valence-electron chi connectivity index (χ3n) is 1.97. The van der Waals surface area contributed by atoms with Crippen LogP contribution in [0.5, 0.6) is 11.5 Å². The van der Waals surface area contributed by atoms with Crippen LogP contribution in [0.25, 0.3) is 0 Å². The van der Waals surface area contributed by atoms with Gasteiger partial charge >= 0.3 is 18.3 Å². The number of carbonyl (C=O) groups is 1. The van der Waals surface area contributed by atoms with Crippen LogP contribution < -0.4 is 4.74 Å². The Hall–Kier alpha value is -1.93. The van der Waals surface area contributed by atoms with Crippen molar-refractivity contribution in [2.24, 2.45) is 5.92 Å². The molecule has 0 aliphatic heterocycles. The first kappa shape index (κ1) is 15.1. The smallest absolute Gasteiger partial charge is 0.411 e. The summed E-state index contributed by atoms with van der Waals surface area (Å²) in [5, 5.41) is 9.11. The molecule has 1 rings (SSSR count). The van der Waals surface area contributed by atoms with Crippen LogP contribution in [-0.2, 0) is 4.79 Å². The lowest BCUT2D eigenvalue weighted by Crippen LogP contribution is -2.44. The highest BCUT2D eigenvalue weighted by molar-refractivity contribution is 5.77. The fraction of sp³-hybridized carbons (Fsp3) is 0.300. The Morgan fingerprint density at radius 3 is 1.95 bits per heavy atom. The number of phenolic OH excluding ortho intramolecular Hbond substituents is 1. The van der Waals surface area contributed by atoms with Gasteiger partial charge in [0.2, 0.25) is 5.92 Å². The van der Waals surface area contributed by atoms with E-state index in [-0.39, 0.29) is 0 Å². The quantitative estimate of drug-likeness (QED) is 0.517. The molecule has 1 N–H and O–H groups in total. The van der Waals surface area contributed by atoms with Gasteiger partial charge in [0.1, 0.15) is 0 Å². The molecule has 0 aliphatic rings. The van der Waals surface area contributed by atoms with E-state index in [0.29, 0.717) is 0 Å². The number of benzene rings is 1. The third-order valence-corrected chi connectivity index (χ3v) is 1.97. The van der Waals surface area contributed by atoms with Crippen LogP contribution in [0.3, 0.4) is 0 Å². The van der Waals surface area contributed by atoms with Crippen LogP contribution in [0.2, 0.25) is 0 Å². The van der Waals surface area contributed by atoms with Gasteiger partial charge in [-0.05, 0) is 12.1 Å². The molecule has 0 aromatic heterocycles. The van der Waals surface area contributed by atoms with Gasteiger partial charge in [-0.3, -0.25) is 4.79 Å². The number of rotatable bonds is 2. The summed E-state index contributed by atoms with van der Waals surface area (Å²) < 4.78 is 77.0. The normalized spacial score (nSPS) is 12.6. The Labute approximate surface area is 102 Å². The van der Waals surface area contributed by atoms with Gasteiger partial charge in [-0.2, -0.15) is 26.3 Å². The van der Waals surface area contributed by atoms with Gasteiger partial charge < -0.3 is 9.84 Å². The lowest BCUT2D eigenvalue weighted by Gasteiger charge is -2.21. The van der Waals surface area contributed by atoms with Gasteiger partial charge in [0.25, 0.3) is 0 Å². The van der Waals surface area contributed by atoms with Crippen molar-refractivity contribution in [3.63, 3.8) is 0 Å². The Kier molecular flexibility index (Phi) is 3.97. The molecule has 9 heteroatoms. The molecular formula is C10H6F6O3. The van der Waals surface area contributed by atoms with E-state index in [1.165, 1.54) is 12.1 Å². The number of hydrogen-bond donors (Lipinski definition) is 1. The average molecular weight is 288 g/mol. The molecule has 106 valence electrons. The molecule has 0 aliphatic carbocycles. The SMILES string of the molecule is O=C(Oc1ccccc1O)C(C(F)(F)F)C(F)(F)F. The van der Waals surface area contributed by atoms with Crippen molar-refractivity contribution in [1.82, 2.24) is 0 Å². The van der Waals surface area contributed by atoms with E-state index < -0.39 is 35.7 Å². The zero-order valence-corrected chi connectivity index (χ0v) is 8.92. The lowest BCUT2D eigenvalue weighted by molar-refractivity contribution is -0.279. The second kappa shape index (κ2) is 4.98. The number of para-hydroxylation sites is 2. The molecule has 0 saturated carbocycles. The van der Waals surface area contributed by atoms with Crippen molar-refractivity contribution in [2.75, 3.05) is 0 Å². The topological polar surface area (TPSA) is 46.5 Å². The van der Waals surface area contributed by atoms with Crippen LogP contribution in [0.4, 0.5) is 26.3 Å². The molecule has 0 fully saturated rings. The highest BCUT2D eigenvalue weighted by Gasteiger charge is 2.62. The minimum absolute atomic E-state index is 0.751. The van der Waals surface area contributed by atoms with E-state index in [4.69, 9.17) is 5.11 Å². The lowest BCUT2D eigenvalue weighted by atomic mass is 10.1. The number of carbonyl (C=O) groups excluding carboxylic acids is 1. The van der Waals surface area contributed by atoms with Crippen LogP contribution in [-0.4, -0.2) is 23.4 Å². The maximum atomic E-state index is 12.2. The van der Waals surface area contributed by atoms with Crippen molar-refractivity contribution >= 4 is 5.97 Å². The van der Waals surface area contributed by atoms with Crippen LogP contribution in [0.15, 0.2) is 24.3 Å². The molecule has 0 radical (unpaired) electrons. The van der Waals surface area contributed by atoms with E-state index >= 15 is 0 Å². The predicted molar refractivity (Wildman–Crippen MR) is 49.3 cm³/mol. The highest BCUT2D eigenvalue weighted by atomic mass is 19.4. The van der Waals surface area contributed by atoms with E-state index in [1.807, 2.05) is 0 Å². The van der Waals surface area contributed by atoms with Gasteiger partial charge in [0, 0.05) is 0 Å². The Morgan fingerprint density at radius 1 is 1.05 bits per heavy atom. The summed E-state index contributed by atoms with van der Waals surface area (Å²) in [6.07, 6.45) is -11.7. The Balaban J connectivity index is 3.01. The molecule has 19 heavy (non-hydrogen) atoms. The van der Waals surface area contributed by atoms with E-state index in [9.17, 15) is 31.1 Å². The maximum absolute atomic E-state index is 12.2. The fourth-order valence-electron chi connectivity index (χ4n) is 1.16. The van der Waals surface area contributed by atoms with E-state index in [0.717, 1.165) is 12.1 Å². The molecule has 0 amide bonds. The summed E-state index contributed by atoms with van der Waals surface area (Å²) >= 11 is 0. The largest absolute Gasteiger partial charge is 0.504 e. The van der Waals surface area contributed by atoms with Crippen LogP contribution >= 0.6 is 0 Å². The number of aromatic hydroxyl groups is 1. The van der Waals surface area contributed by atoms with Gasteiger partial charge in [-0.1, -0.05) is 12.1 Å². The first-order valence-electron chi connectivity index (χ1n) is 4.66. The molecule has 3 nitrogen and oxygen atoms in total. The number of ether oxygens (including phenoxy) is 1. The number of esters is 1. The zero-order chi connectivity index (χ0) is 14.8. The maximum Gasteiger partial charge on any atom is 0.411 e. The first-order chi connectivity index (χ1) is 8.53. The second-order valence-corrected chi connectivity index (χ2v) is 3.41. The number of halogens is 6. The molecule has 1 aromatic rings. The minimum atomic E-state index is -5.83. The summed E-state index contributed by atoms with van der Waals surface area (Å²) in [4.78, 5) is 11.0. The third kappa shape index (κ3) is 3.76. The fourth-order valence-corrected chi connectivity index (χ4v) is 1.16. The van der Waals surface area contributed by atoms with Gasteiger partial charge in [0.15, 0.2) is 11.5 Å². The summed E-state index contributed by atoms with van der Waals surface area (Å²) in [6, 6.07) is 4.21. The predicted octanol–water partition coefficient (Wildman–Crippen LogP) is 3.04. The Morgan fingerprint density at radius 2 is 1.53 bits per heavy atom. The molecule has 0 atom stereocenters. The standard InChI is InChI=1S/C10H6F6O3/c11-9(12,13)7(10(14,15)16)8(18)19-6-4-2-1-3-5(6)17/h1-4,7,17H. The van der Waals surface area contributed by atoms with Crippen molar-refractivity contribution in [2.45, 2.75) is 12.4 Å². The number of hydrogen-bond acceptors (Lipinski definition) is 3. The molecular weight excluding hydrogens is 282 g/mol. The van der Waals surface area contributed by atoms with Gasteiger partial charge in [0.05, 0.1) is 0 Å². The van der Waals surface area contributed by atoms with Gasteiger partial charge in [-0.25, -0.2) is 0 Å². The second-order valence-electron chi connectivity index (χ2n) is 3.41. The molecule has 0 saturated heterocycles. The van der Waals surface area contributed by atoms with Crippen molar-refractivity contribution in [3.8, 4) is 11.5 Å². The monoisotopic (exact) mass is 288 g/mol. The Bertz CT molecular complexity index is 451. The summed E-state index contributed by atoms with van der Waals surface area (Å²) in [5.74, 6) is -8.36. The molecule has 1 aromatic carbocycles. The average Bonchev–Trinajstić information content (AvgIpc) is 2.16. The number of alkyl halides is 6. The molecule has 0 bridgehead atoms. The summed E-state index contributed by atoms with van der Waals surface area (Å²) in [6.45, 7) is 0. The molecule has 0 unspecified atom stereocenters. The van der Waals surface area contributed by atoms with Crippen molar-refractivity contribution in [1.29, 1.82) is 0 Å². The minimum Gasteiger partial charge on any atom is -0.504 e. The molecule has 0 heterocycles. The van der Waals surface area contributed by atoms with E-state index in [1.54, 1.807) is 0 Å². The highest BCUT2D eigenvalue weighted by Crippen LogP contribution is 2.40.